The van der Waals surface area contributed by atoms with E-state index in [2.05, 4.69) is 4.99 Å². The third-order valence-corrected chi connectivity index (χ3v) is 4.27. The summed E-state index contributed by atoms with van der Waals surface area (Å²) in [5.74, 6) is 0.198. The predicted octanol–water partition coefficient (Wildman–Crippen LogP) is 1.24. The summed E-state index contributed by atoms with van der Waals surface area (Å²) < 4.78 is 0. The molecule has 0 amide bonds. The van der Waals surface area contributed by atoms with Gasteiger partial charge < -0.3 is 16.4 Å². The second-order valence-electron chi connectivity index (χ2n) is 5.41. The van der Waals surface area contributed by atoms with Crippen LogP contribution in [0.4, 0.5) is 0 Å². The van der Waals surface area contributed by atoms with E-state index in [9.17, 15) is 0 Å². The highest BCUT2D eigenvalue weighted by atomic mass is 15.3. The van der Waals surface area contributed by atoms with Crippen molar-refractivity contribution in [1.82, 2.24) is 4.90 Å². The van der Waals surface area contributed by atoms with Gasteiger partial charge in [0.05, 0.1) is 0 Å². The van der Waals surface area contributed by atoms with Crippen molar-refractivity contribution in [2.45, 2.75) is 44.9 Å². The molecular weight excluding hydrogens is 214 g/mol. The molecule has 1 heterocycles. The van der Waals surface area contributed by atoms with Gasteiger partial charge in [-0.15, -0.1) is 0 Å². The first-order valence-corrected chi connectivity index (χ1v) is 6.54. The van der Waals surface area contributed by atoms with Crippen LogP contribution in [0.25, 0.3) is 0 Å². The molecule has 1 aliphatic carbocycles. The number of nitrogens with zero attached hydrogens (tertiary/aromatic N) is 2. The van der Waals surface area contributed by atoms with Crippen molar-refractivity contribution in [3.05, 3.63) is 0 Å². The average molecular weight is 237 g/mol. The monoisotopic (exact) mass is 237 g/mol. The Kier molecular flexibility index (Phi) is 3.54. The van der Waals surface area contributed by atoms with Crippen LogP contribution in [0.3, 0.4) is 0 Å². The van der Waals surface area contributed by atoms with Crippen molar-refractivity contribution in [2.75, 3.05) is 13.1 Å². The highest BCUT2D eigenvalue weighted by Gasteiger charge is 2.35. The summed E-state index contributed by atoms with van der Waals surface area (Å²) in [6.07, 6.45) is 9.28. The van der Waals surface area contributed by atoms with Crippen LogP contribution >= 0.6 is 0 Å². The van der Waals surface area contributed by atoms with Gasteiger partial charge in [0.15, 0.2) is 5.96 Å². The molecular formula is C12H23N5. The van der Waals surface area contributed by atoms with Gasteiger partial charge in [0, 0.05) is 13.1 Å². The Labute approximate surface area is 103 Å². The minimum absolute atomic E-state index is 0.0204. The minimum Gasteiger partial charge on any atom is -0.370 e. The molecule has 2 rings (SSSR count). The Morgan fingerprint density at radius 1 is 1.00 bits per heavy atom. The van der Waals surface area contributed by atoms with Crippen LogP contribution in [-0.2, 0) is 0 Å². The van der Waals surface area contributed by atoms with E-state index in [1.807, 2.05) is 4.90 Å². The lowest BCUT2D eigenvalue weighted by atomic mass is 9.68. The first-order chi connectivity index (χ1) is 8.11. The quantitative estimate of drug-likeness (QED) is 0.437. The molecule has 0 bridgehead atoms. The molecule has 96 valence electrons. The molecule has 1 saturated carbocycles. The van der Waals surface area contributed by atoms with Gasteiger partial charge in [-0.25, -0.2) is 0 Å². The van der Waals surface area contributed by atoms with Crippen molar-refractivity contribution in [2.24, 2.45) is 21.9 Å². The highest BCUT2D eigenvalue weighted by Crippen LogP contribution is 2.44. The van der Waals surface area contributed by atoms with Crippen LogP contribution < -0.4 is 11.5 Å². The van der Waals surface area contributed by atoms with Gasteiger partial charge in [-0.2, -0.15) is 4.99 Å². The van der Waals surface area contributed by atoms with Crippen LogP contribution in [0.5, 0.6) is 0 Å². The molecule has 2 fully saturated rings. The average Bonchev–Trinajstić information content (AvgIpc) is 2.30. The zero-order valence-corrected chi connectivity index (χ0v) is 10.4. The van der Waals surface area contributed by atoms with Crippen molar-refractivity contribution in [3.63, 3.8) is 0 Å². The highest BCUT2D eigenvalue weighted by molar-refractivity contribution is 5.91. The number of nitrogens with two attached hydrogens (primary N) is 2. The lowest BCUT2D eigenvalue weighted by Crippen LogP contribution is -2.44. The second-order valence-corrected chi connectivity index (χ2v) is 5.41. The maximum Gasteiger partial charge on any atom is 0.221 e. The van der Waals surface area contributed by atoms with Crippen molar-refractivity contribution >= 4 is 11.9 Å². The molecule has 17 heavy (non-hydrogen) atoms. The Morgan fingerprint density at radius 3 is 2.12 bits per heavy atom. The van der Waals surface area contributed by atoms with E-state index in [0.29, 0.717) is 5.41 Å². The number of hydrogen-bond acceptors (Lipinski definition) is 1. The maximum atomic E-state index is 7.79. The van der Waals surface area contributed by atoms with Gasteiger partial charge in [-0.05, 0) is 31.1 Å². The van der Waals surface area contributed by atoms with Crippen LogP contribution in [0, 0.1) is 10.8 Å². The second kappa shape index (κ2) is 4.94. The van der Waals surface area contributed by atoms with Gasteiger partial charge in [-0.3, -0.25) is 5.41 Å². The molecule has 1 saturated heterocycles. The summed E-state index contributed by atoms with van der Waals surface area (Å²) in [5, 5.41) is 7.79. The molecule has 5 heteroatoms. The van der Waals surface area contributed by atoms with E-state index < -0.39 is 0 Å². The number of hydrogen-bond donors (Lipinski definition) is 3. The zero-order valence-electron chi connectivity index (χ0n) is 10.4. The number of likely N-dealkylation sites (tertiary alicyclic amines) is 1. The summed E-state index contributed by atoms with van der Waals surface area (Å²) in [7, 11) is 0. The molecule has 1 spiro atoms. The molecule has 0 aromatic carbocycles. The Balaban J connectivity index is 1.89. The van der Waals surface area contributed by atoms with Gasteiger partial charge in [0.2, 0.25) is 5.96 Å². The van der Waals surface area contributed by atoms with Gasteiger partial charge in [0.1, 0.15) is 0 Å². The number of aliphatic imine (C=N–C) groups is 1. The Bertz CT molecular complexity index is 303. The lowest BCUT2D eigenvalue weighted by Gasteiger charge is -2.44. The van der Waals surface area contributed by atoms with Gasteiger partial charge >= 0.3 is 0 Å². The number of nitrogens with one attached hydrogen (secondary N) is 1. The molecule has 5 nitrogen and oxygen atoms in total. The van der Waals surface area contributed by atoms with Gasteiger partial charge in [-0.1, -0.05) is 19.3 Å². The summed E-state index contributed by atoms with van der Waals surface area (Å²) in [6, 6.07) is 0. The third-order valence-electron chi connectivity index (χ3n) is 4.27. The van der Waals surface area contributed by atoms with Crippen molar-refractivity contribution < 1.29 is 0 Å². The predicted molar refractivity (Wildman–Crippen MR) is 69.9 cm³/mol. The van der Waals surface area contributed by atoms with E-state index in [-0.39, 0.29) is 11.9 Å². The number of piperidine rings is 1. The minimum atomic E-state index is -0.0204. The Hall–Kier alpha value is -1.26. The molecule has 0 unspecified atom stereocenters. The van der Waals surface area contributed by atoms with Crippen molar-refractivity contribution in [1.29, 1.82) is 5.41 Å². The molecule has 5 N–H and O–H groups in total. The van der Waals surface area contributed by atoms with E-state index in [4.69, 9.17) is 16.9 Å². The van der Waals surface area contributed by atoms with Gasteiger partial charge in [0.25, 0.3) is 0 Å². The zero-order chi connectivity index (χ0) is 12.3. The maximum absolute atomic E-state index is 7.79. The fourth-order valence-corrected chi connectivity index (χ4v) is 3.19. The Morgan fingerprint density at radius 2 is 1.59 bits per heavy atom. The standard InChI is InChI=1S/C12H23N5/c13-10(14)16-11(15)17-8-6-12(7-9-17)4-2-1-3-5-12/h1-9H2,(H5,13,14,15,16). The smallest absolute Gasteiger partial charge is 0.221 e. The lowest BCUT2D eigenvalue weighted by molar-refractivity contribution is 0.0971. The molecule has 0 aromatic heterocycles. The number of guanidine groups is 2. The SMILES string of the molecule is N=C(N=C(N)N)N1CCC2(CCCCC2)CC1. The van der Waals surface area contributed by atoms with Crippen molar-refractivity contribution in [3.8, 4) is 0 Å². The normalized spacial score (nSPS) is 23.4. The van der Waals surface area contributed by atoms with E-state index in [0.717, 1.165) is 13.1 Å². The molecule has 0 atom stereocenters. The van der Waals surface area contributed by atoms with Crippen LogP contribution in [-0.4, -0.2) is 29.9 Å². The third kappa shape index (κ3) is 2.90. The first-order valence-electron chi connectivity index (χ1n) is 6.54. The van der Waals surface area contributed by atoms with E-state index >= 15 is 0 Å². The van der Waals surface area contributed by atoms with E-state index in [1.165, 1.54) is 44.9 Å². The largest absolute Gasteiger partial charge is 0.370 e. The van der Waals surface area contributed by atoms with Crippen LogP contribution in [0.15, 0.2) is 4.99 Å². The van der Waals surface area contributed by atoms with E-state index in [1.54, 1.807) is 0 Å². The summed E-state index contributed by atoms with van der Waals surface area (Å²) >= 11 is 0. The van der Waals surface area contributed by atoms with Crippen LogP contribution in [0.2, 0.25) is 0 Å². The molecule has 0 radical (unpaired) electrons. The summed E-state index contributed by atoms with van der Waals surface area (Å²) in [5.41, 5.74) is 11.2. The molecule has 0 aromatic rings. The first kappa shape index (κ1) is 12.2. The summed E-state index contributed by atoms with van der Waals surface area (Å²) in [6.45, 7) is 1.85. The fourth-order valence-electron chi connectivity index (χ4n) is 3.19. The molecule has 2 aliphatic rings. The van der Waals surface area contributed by atoms with Crippen LogP contribution in [0.1, 0.15) is 44.9 Å². The topological polar surface area (TPSA) is 91.5 Å². The number of rotatable bonds is 0. The fraction of sp³-hybridized carbons (Fsp3) is 0.833. The summed E-state index contributed by atoms with van der Waals surface area (Å²) in [4.78, 5) is 5.80. The molecule has 1 aliphatic heterocycles.